The molecule has 0 bridgehead atoms. The van der Waals surface area contributed by atoms with Crippen LogP contribution in [-0.4, -0.2) is 29.7 Å². The fourth-order valence-electron chi connectivity index (χ4n) is 1.12. The first-order valence-electron chi connectivity index (χ1n) is 6.28. The molecular weight excluding hydrogens is 271 g/mol. The quantitative estimate of drug-likeness (QED) is 0.365. The molecule has 0 aliphatic rings. The van der Waals surface area contributed by atoms with E-state index >= 15 is 0 Å². The van der Waals surface area contributed by atoms with Crippen LogP contribution in [0.25, 0.3) is 0 Å². The lowest BCUT2D eigenvalue weighted by atomic mass is 10.1. The summed E-state index contributed by atoms with van der Waals surface area (Å²) in [5.74, 6) is -0.981. The maximum absolute atomic E-state index is 10.8. The van der Waals surface area contributed by atoms with E-state index in [0.717, 1.165) is 18.9 Å². The number of phosphoric ester groups is 1. The topological polar surface area (TPSA) is 93.1 Å². The first-order chi connectivity index (χ1) is 8.89. The molecule has 0 rings (SSSR count). The van der Waals surface area contributed by atoms with Gasteiger partial charge in [0.15, 0.2) is 0 Å². The molecule has 0 aliphatic carbocycles. The number of aliphatic carboxylic acids is 1. The van der Waals surface area contributed by atoms with E-state index in [1.807, 2.05) is 0 Å². The van der Waals surface area contributed by atoms with Crippen LogP contribution in [0.1, 0.15) is 45.4 Å². The molecule has 0 aliphatic heterocycles. The van der Waals surface area contributed by atoms with Gasteiger partial charge in [0.1, 0.15) is 0 Å². The van der Waals surface area contributed by atoms with Crippen LogP contribution in [0.5, 0.6) is 0 Å². The van der Waals surface area contributed by atoms with Crippen LogP contribution < -0.4 is 0 Å². The van der Waals surface area contributed by atoms with Crippen LogP contribution >= 0.6 is 7.82 Å². The third-order valence-electron chi connectivity index (χ3n) is 2.16. The van der Waals surface area contributed by atoms with Crippen LogP contribution in [0.3, 0.4) is 0 Å². The lowest BCUT2D eigenvalue weighted by Crippen LogP contribution is -1.94. The Morgan fingerprint density at radius 3 is 2.16 bits per heavy atom. The maximum atomic E-state index is 10.8. The van der Waals surface area contributed by atoms with Gasteiger partial charge in [-0.3, -0.25) is 9.05 Å². The van der Waals surface area contributed by atoms with Crippen molar-refractivity contribution in [2.45, 2.75) is 45.4 Å². The van der Waals surface area contributed by atoms with Gasteiger partial charge >= 0.3 is 13.8 Å². The van der Waals surface area contributed by atoms with Crippen molar-refractivity contribution in [2.75, 3.05) is 13.7 Å². The van der Waals surface area contributed by atoms with Gasteiger partial charge in [-0.2, -0.15) is 0 Å². The van der Waals surface area contributed by atoms with Crippen molar-refractivity contribution in [3.8, 4) is 0 Å². The third-order valence-corrected chi connectivity index (χ3v) is 3.13. The van der Waals surface area contributed by atoms with Gasteiger partial charge in [-0.25, -0.2) is 9.36 Å². The highest BCUT2D eigenvalue weighted by molar-refractivity contribution is 7.47. The SMILES string of the molecule is C=CC(=O)O.CCCCCCCCOP(=O)(O)OC. The number of unbranched alkanes of at least 4 members (excludes halogenated alkanes) is 5. The first kappa shape index (κ1) is 20.6. The van der Waals surface area contributed by atoms with Crippen LogP contribution in [0.4, 0.5) is 0 Å². The van der Waals surface area contributed by atoms with E-state index in [4.69, 9.17) is 10.00 Å². The van der Waals surface area contributed by atoms with E-state index in [2.05, 4.69) is 22.6 Å². The molecular formula is C12H25O6P. The van der Waals surface area contributed by atoms with E-state index in [0.29, 0.717) is 6.61 Å². The summed E-state index contributed by atoms with van der Waals surface area (Å²) in [5.41, 5.74) is 0. The first-order valence-corrected chi connectivity index (χ1v) is 7.77. The Morgan fingerprint density at radius 1 is 1.26 bits per heavy atom. The highest BCUT2D eigenvalue weighted by Gasteiger charge is 2.16. The molecule has 0 aromatic carbocycles. The average molecular weight is 296 g/mol. The summed E-state index contributed by atoms with van der Waals surface area (Å²) in [6, 6.07) is 0. The third kappa shape index (κ3) is 19.8. The van der Waals surface area contributed by atoms with Crippen molar-refractivity contribution < 1.29 is 28.4 Å². The molecule has 114 valence electrons. The summed E-state index contributed by atoms with van der Waals surface area (Å²) in [7, 11) is -2.57. The number of rotatable bonds is 10. The summed E-state index contributed by atoms with van der Waals surface area (Å²) in [4.78, 5) is 18.1. The second-order valence-corrected chi connectivity index (χ2v) is 5.35. The molecule has 1 atom stereocenters. The lowest BCUT2D eigenvalue weighted by Gasteiger charge is -2.08. The molecule has 0 aromatic heterocycles. The minimum Gasteiger partial charge on any atom is -0.478 e. The highest BCUT2D eigenvalue weighted by atomic mass is 31.2. The van der Waals surface area contributed by atoms with Crippen LogP contribution in [-0.2, 0) is 18.4 Å². The lowest BCUT2D eigenvalue weighted by molar-refractivity contribution is -0.131. The molecule has 19 heavy (non-hydrogen) atoms. The van der Waals surface area contributed by atoms with E-state index < -0.39 is 13.8 Å². The Morgan fingerprint density at radius 2 is 1.74 bits per heavy atom. The van der Waals surface area contributed by atoms with E-state index in [1.165, 1.54) is 32.8 Å². The van der Waals surface area contributed by atoms with Crippen molar-refractivity contribution in [2.24, 2.45) is 0 Å². The van der Waals surface area contributed by atoms with Crippen molar-refractivity contribution in [3.05, 3.63) is 12.7 Å². The smallest absolute Gasteiger partial charge is 0.471 e. The summed E-state index contributed by atoms with van der Waals surface area (Å²) >= 11 is 0. The van der Waals surface area contributed by atoms with E-state index in [-0.39, 0.29) is 0 Å². The zero-order chi connectivity index (χ0) is 15.1. The standard InChI is InChI=1S/C9H21O4P.C3H4O2/c1-3-4-5-6-7-8-9-13-14(10,11)12-2;1-2-3(4)5/h3-9H2,1-2H3,(H,10,11);2H,1H2,(H,4,5). The second kappa shape index (κ2) is 13.7. The Kier molecular flexibility index (Phi) is 14.9. The number of hydrogen-bond donors (Lipinski definition) is 2. The van der Waals surface area contributed by atoms with Crippen molar-refractivity contribution in [3.63, 3.8) is 0 Å². The predicted octanol–water partition coefficient (Wildman–Crippen LogP) is 3.37. The van der Waals surface area contributed by atoms with E-state index in [9.17, 15) is 9.36 Å². The molecule has 7 heteroatoms. The molecule has 6 nitrogen and oxygen atoms in total. The Balaban J connectivity index is 0. The summed E-state index contributed by atoms with van der Waals surface area (Å²) in [6.07, 6.45) is 7.59. The van der Waals surface area contributed by atoms with Crippen molar-refractivity contribution in [1.29, 1.82) is 0 Å². The van der Waals surface area contributed by atoms with Gasteiger partial charge in [-0.15, -0.1) is 0 Å². The van der Waals surface area contributed by atoms with Gasteiger partial charge < -0.3 is 10.00 Å². The fraction of sp³-hybridized carbons (Fsp3) is 0.750. The second-order valence-electron chi connectivity index (χ2n) is 3.79. The van der Waals surface area contributed by atoms with Crippen molar-refractivity contribution in [1.82, 2.24) is 0 Å². The monoisotopic (exact) mass is 296 g/mol. The Hall–Kier alpha value is -0.680. The number of hydrogen-bond acceptors (Lipinski definition) is 4. The molecule has 0 spiro atoms. The molecule has 0 fully saturated rings. The fourth-order valence-corrected chi connectivity index (χ4v) is 1.58. The average Bonchev–Trinajstić information content (AvgIpc) is 2.38. The predicted molar refractivity (Wildman–Crippen MR) is 74.0 cm³/mol. The van der Waals surface area contributed by atoms with Gasteiger partial charge in [-0.1, -0.05) is 45.6 Å². The van der Waals surface area contributed by atoms with Gasteiger partial charge in [-0.05, 0) is 6.42 Å². The minimum atomic E-state index is -3.73. The number of phosphoric acid groups is 1. The largest absolute Gasteiger partial charge is 0.478 e. The zero-order valence-corrected chi connectivity index (χ0v) is 12.6. The Labute approximate surface area is 115 Å². The molecule has 0 amide bonds. The summed E-state index contributed by atoms with van der Waals surface area (Å²) in [5, 5.41) is 7.60. The molecule has 0 heterocycles. The number of carbonyl (C=O) groups is 1. The minimum absolute atomic E-state index is 0.299. The van der Waals surface area contributed by atoms with Crippen LogP contribution in [0, 0.1) is 0 Å². The van der Waals surface area contributed by atoms with Gasteiger partial charge in [0.25, 0.3) is 0 Å². The molecule has 0 saturated carbocycles. The zero-order valence-electron chi connectivity index (χ0n) is 11.7. The molecule has 2 N–H and O–H groups in total. The van der Waals surface area contributed by atoms with Gasteiger partial charge in [0.05, 0.1) is 6.61 Å². The maximum Gasteiger partial charge on any atom is 0.471 e. The number of carboxylic acids is 1. The summed E-state index contributed by atoms with van der Waals surface area (Å²) < 4.78 is 19.8. The Bertz CT molecular complexity index is 279. The normalized spacial score (nSPS) is 13.0. The molecule has 1 unspecified atom stereocenters. The van der Waals surface area contributed by atoms with Crippen LogP contribution in [0.2, 0.25) is 0 Å². The van der Waals surface area contributed by atoms with Gasteiger partial charge in [0, 0.05) is 13.2 Å². The summed E-state index contributed by atoms with van der Waals surface area (Å²) in [6.45, 7) is 5.43. The number of carboxylic acid groups (broad SMARTS) is 1. The molecule has 0 aromatic rings. The molecule has 0 saturated heterocycles. The van der Waals surface area contributed by atoms with Gasteiger partial charge in [0.2, 0.25) is 0 Å². The van der Waals surface area contributed by atoms with E-state index in [1.54, 1.807) is 0 Å². The highest BCUT2D eigenvalue weighted by Crippen LogP contribution is 2.41. The van der Waals surface area contributed by atoms with Crippen molar-refractivity contribution >= 4 is 13.8 Å². The molecule has 0 radical (unpaired) electrons. The van der Waals surface area contributed by atoms with Crippen LogP contribution in [0.15, 0.2) is 12.7 Å².